The lowest BCUT2D eigenvalue weighted by Crippen LogP contribution is -2.11. The SMILES string of the molecule is CCCc1nc(-c2cc(C)ccc2OC)cc(=O)[nH]1. The standard InChI is InChI=1S/C15H18N2O2/c1-4-5-14-16-12(9-15(18)17-14)11-8-10(2)6-7-13(11)19-3/h6-9H,4-5H2,1-3H3,(H,16,17,18). The number of aromatic amines is 1. The Kier molecular flexibility index (Phi) is 4.00. The fourth-order valence-corrected chi connectivity index (χ4v) is 2.02. The van der Waals surface area contributed by atoms with Crippen molar-refractivity contribution in [3.05, 3.63) is 46.0 Å². The van der Waals surface area contributed by atoms with Crippen LogP contribution < -0.4 is 10.3 Å². The molecule has 0 saturated heterocycles. The molecule has 0 spiro atoms. The summed E-state index contributed by atoms with van der Waals surface area (Å²) in [6, 6.07) is 7.36. The molecule has 19 heavy (non-hydrogen) atoms. The smallest absolute Gasteiger partial charge is 0.251 e. The summed E-state index contributed by atoms with van der Waals surface area (Å²) in [7, 11) is 1.62. The summed E-state index contributed by atoms with van der Waals surface area (Å²) in [6.45, 7) is 4.06. The van der Waals surface area contributed by atoms with Crippen LogP contribution in [0.3, 0.4) is 0 Å². The minimum Gasteiger partial charge on any atom is -0.496 e. The molecule has 0 atom stereocenters. The summed E-state index contributed by atoms with van der Waals surface area (Å²) in [6.07, 6.45) is 1.70. The highest BCUT2D eigenvalue weighted by Crippen LogP contribution is 2.28. The summed E-state index contributed by atoms with van der Waals surface area (Å²) in [5.41, 5.74) is 2.49. The third kappa shape index (κ3) is 3.02. The first kappa shape index (κ1) is 13.3. The molecule has 2 aromatic rings. The quantitative estimate of drug-likeness (QED) is 0.917. The van der Waals surface area contributed by atoms with E-state index in [1.165, 1.54) is 6.07 Å². The Balaban J connectivity index is 2.57. The maximum Gasteiger partial charge on any atom is 0.251 e. The van der Waals surface area contributed by atoms with E-state index in [1.54, 1.807) is 7.11 Å². The van der Waals surface area contributed by atoms with Crippen LogP contribution in [-0.4, -0.2) is 17.1 Å². The summed E-state index contributed by atoms with van der Waals surface area (Å²) in [4.78, 5) is 19.0. The number of nitrogens with zero attached hydrogens (tertiary/aromatic N) is 1. The highest BCUT2D eigenvalue weighted by atomic mass is 16.5. The van der Waals surface area contributed by atoms with E-state index in [2.05, 4.69) is 16.9 Å². The van der Waals surface area contributed by atoms with Gasteiger partial charge in [0.25, 0.3) is 5.56 Å². The Bertz CT molecular complexity index is 632. The number of aryl methyl sites for hydroxylation is 2. The number of hydrogen-bond acceptors (Lipinski definition) is 3. The molecule has 0 fully saturated rings. The molecule has 0 bridgehead atoms. The molecule has 4 heteroatoms. The predicted octanol–water partition coefficient (Wildman–Crippen LogP) is 2.71. The minimum absolute atomic E-state index is 0.128. The van der Waals surface area contributed by atoms with E-state index in [0.29, 0.717) is 11.5 Å². The fraction of sp³-hybridized carbons (Fsp3) is 0.333. The topological polar surface area (TPSA) is 55.0 Å². The van der Waals surface area contributed by atoms with Gasteiger partial charge in [0.1, 0.15) is 11.6 Å². The third-order valence-electron chi connectivity index (χ3n) is 2.91. The lowest BCUT2D eigenvalue weighted by atomic mass is 10.1. The fourth-order valence-electron chi connectivity index (χ4n) is 2.02. The van der Waals surface area contributed by atoms with Crippen LogP contribution in [0, 0.1) is 6.92 Å². The van der Waals surface area contributed by atoms with Crippen LogP contribution in [0.1, 0.15) is 24.7 Å². The Morgan fingerprint density at radius 2 is 2.11 bits per heavy atom. The summed E-state index contributed by atoms with van der Waals surface area (Å²) in [5, 5.41) is 0. The predicted molar refractivity (Wildman–Crippen MR) is 75.6 cm³/mol. The lowest BCUT2D eigenvalue weighted by Gasteiger charge is -2.09. The summed E-state index contributed by atoms with van der Waals surface area (Å²) in [5.74, 6) is 1.44. The van der Waals surface area contributed by atoms with E-state index >= 15 is 0 Å². The van der Waals surface area contributed by atoms with E-state index in [-0.39, 0.29) is 5.56 Å². The van der Waals surface area contributed by atoms with E-state index in [9.17, 15) is 4.79 Å². The normalized spacial score (nSPS) is 10.5. The van der Waals surface area contributed by atoms with E-state index < -0.39 is 0 Å². The number of nitrogens with one attached hydrogen (secondary N) is 1. The van der Waals surface area contributed by atoms with Gasteiger partial charge in [-0.3, -0.25) is 4.79 Å². The van der Waals surface area contributed by atoms with Gasteiger partial charge in [-0.1, -0.05) is 18.6 Å². The van der Waals surface area contributed by atoms with Crippen LogP contribution in [0.2, 0.25) is 0 Å². The number of methoxy groups -OCH3 is 1. The highest BCUT2D eigenvalue weighted by molar-refractivity contribution is 5.67. The van der Waals surface area contributed by atoms with Gasteiger partial charge in [0.05, 0.1) is 12.8 Å². The van der Waals surface area contributed by atoms with Gasteiger partial charge in [0, 0.05) is 18.1 Å². The van der Waals surface area contributed by atoms with Crippen molar-refractivity contribution >= 4 is 0 Å². The highest BCUT2D eigenvalue weighted by Gasteiger charge is 2.09. The second-order valence-electron chi connectivity index (χ2n) is 4.53. The molecule has 0 aliphatic rings. The van der Waals surface area contributed by atoms with Crippen LogP contribution in [0.15, 0.2) is 29.1 Å². The van der Waals surface area contributed by atoms with E-state index in [1.807, 2.05) is 25.1 Å². The molecule has 1 N–H and O–H groups in total. The average Bonchev–Trinajstić information content (AvgIpc) is 2.38. The molecule has 4 nitrogen and oxygen atoms in total. The first-order chi connectivity index (χ1) is 9.13. The molecule has 0 radical (unpaired) electrons. The van der Waals surface area contributed by atoms with Crippen molar-refractivity contribution < 1.29 is 4.74 Å². The third-order valence-corrected chi connectivity index (χ3v) is 2.91. The zero-order chi connectivity index (χ0) is 13.8. The molecule has 0 saturated carbocycles. The zero-order valence-corrected chi connectivity index (χ0v) is 11.5. The van der Waals surface area contributed by atoms with Crippen molar-refractivity contribution in [1.29, 1.82) is 0 Å². The van der Waals surface area contributed by atoms with Crippen molar-refractivity contribution in [1.82, 2.24) is 9.97 Å². The van der Waals surface area contributed by atoms with Gasteiger partial charge in [0.2, 0.25) is 0 Å². The van der Waals surface area contributed by atoms with Gasteiger partial charge >= 0.3 is 0 Å². The second-order valence-corrected chi connectivity index (χ2v) is 4.53. The van der Waals surface area contributed by atoms with Gasteiger partial charge in [0.15, 0.2) is 0 Å². The van der Waals surface area contributed by atoms with E-state index in [4.69, 9.17) is 4.74 Å². The van der Waals surface area contributed by atoms with Crippen molar-refractivity contribution in [2.24, 2.45) is 0 Å². The first-order valence-electron chi connectivity index (χ1n) is 6.39. The Morgan fingerprint density at radius 1 is 1.32 bits per heavy atom. The van der Waals surface area contributed by atoms with Crippen molar-refractivity contribution in [3.8, 4) is 17.0 Å². The lowest BCUT2D eigenvalue weighted by molar-refractivity contribution is 0.416. The Labute approximate surface area is 112 Å². The van der Waals surface area contributed by atoms with Crippen LogP contribution >= 0.6 is 0 Å². The number of aromatic nitrogens is 2. The van der Waals surface area contributed by atoms with Crippen molar-refractivity contribution in [3.63, 3.8) is 0 Å². The maximum atomic E-state index is 11.7. The minimum atomic E-state index is -0.128. The molecular formula is C15H18N2O2. The number of rotatable bonds is 4. The summed E-state index contributed by atoms with van der Waals surface area (Å²) < 4.78 is 5.34. The molecule has 1 heterocycles. The molecule has 100 valence electrons. The average molecular weight is 258 g/mol. The van der Waals surface area contributed by atoms with Crippen LogP contribution in [0.4, 0.5) is 0 Å². The van der Waals surface area contributed by atoms with Gasteiger partial charge < -0.3 is 9.72 Å². The van der Waals surface area contributed by atoms with Crippen molar-refractivity contribution in [2.45, 2.75) is 26.7 Å². The van der Waals surface area contributed by atoms with Crippen LogP contribution in [0.25, 0.3) is 11.3 Å². The molecule has 0 aliphatic heterocycles. The first-order valence-corrected chi connectivity index (χ1v) is 6.39. The molecule has 1 aromatic heterocycles. The number of hydrogen-bond donors (Lipinski definition) is 1. The largest absolute Gasteiger partial charge is 0.496 e. The maximum absolute atomic E-state index is 11.7. The van der Waals surface area contributed by atoms with Gasteiger partial charge in [-0.05, 0) is 25.5 Å². The molecule has 0 aliphatic carbocycles. The van der Waals surface area contributed by atoms with E-state index in [0.717, 1.165) is 29.7 Å². The molecular weight excluding hydrogens is 240 g/mol. The summed E-state index contributed by atoms with van der Waals surface area (Å²) >= 11 is 0. The number of benzene rings is 1. The molecule has 1 aromatic carbocycles. The molecule has 0 amide bonds. The second kappa shape index (κ2) is 5.69. The number of H-pyrrole nitrogens is 1. The molecule has 2 rings (SSSR count). The van der Waals surface area contributed by atoms with Crippen LogP contribution in [0.5, 0.6) is 5.75 Å². The van der Waals surface area contributed by atoms with Crippen molar-refractivity contribution in [2.75, 3.05) is 7.11 Å². The van der Waals surface area contributed by atoms with Crippen LogP contribution in [-0.2, 0) is 6.42 Å². The zero-order valence-electron chi connectivity index (χ0n) is 11.5. The monoisotopic (exact) mass is 258 g/mol. The van der Waals surface area contributed by atoms with Gasteiger partial charge in [-0.25, -0.2) is 4.98 Å². The van der Waals surface area contributed by atoms with Gasteiger partial charge in [-0.2, -0.15) is 0 Å². The Morgan fingerprint density at radius 3 is 2.79 bits per heavy atom. The number of ether oxygens (including phenoxy) is 1. The Hall–Kier alpha value is -2.10. The van der Waals surface area contributed by atoms with Gasteiger partial charge in [-0.15, -0.1) is 0 Å². The molecule has 0 unspecified atom stereocenters.